The Labute approximate surface area is 121 Å². The predicted octanol–water partition coefficient (Wildman–Crippen LogP) is 4.74. The molecule has 3 heteroatoms. The fourth-order valence-electron chi connectivity index (χ4n) is 2.39. The maximum Gasteiger partial charge on any atom is 0.124 e. The summed E-state index contributed by atoms with van der Waals surface area (Å²) in [5, 5.41) is 10.4. The number of hydrogen-bond donors (Lipinski definition) is 1. The Morgan fingerprint density at radius 3 is 2.72 bits per heavy atom. The van der Waals surface area contributed by atoms with E-state index in [0.29, 0.717) is 0 Å². The molecule has 1 aromatic rings. The summed E-state index contributed by atoms with van der Waals surface area (Å²) in [6.45, 7) is 0. The van der Waals surface area contributed by atoms with E-state index >= 15 is 0 Å². The number of hydrogen-bond acceptors (Lipinski definition) is 1. The molecule has 1 N–H and O–H groups in total. The highest BCUT2D eigenvalue weighted by atomic mass is 127. The van der Waals surface area contributed by atoms with Gasteiger partial charge in [0.2, 0.25) is 0 Å². The first kappa shape index (κ1) is 14.0. The summed E-state index contributed by atoms with van der Waals surface area (Å²) in [7, 11) is 0. The van der Waals surface area contributed by atoms with Gasteiger partial charge in [0.1, 0.15) is 11.9 Å². The second-order valence-electron chi connectivity index (χ2n) is 4.80. The zero-order valence-electron chi connectivity index (χ0n) is 10.3. The quantitative estimate of drug-likeness (QED) is 0.597. The summed E-state index contributed by atoms with van der Waals surface area (Å²) >= 11 is 2.09. The molecule has 0 heterocycles. The number of rotatable bonds is 2. The molecule has 0 aromatic heterocycles. The molecule has 0 saturated carbocycles. The van der Waals surface area contributed by atoms with Crippen molar-refractivity contribution < 1.29 is 9.50 Å². The van der Waals surface area contributed by atoms with Crippen molar-refractivity contribution in [1.82, 2.24) is 0 Å². The number of halogens is 2. The summed E-state index contributed by atoms with van der Waals surface area (Å²) in [4.78, 5) is 0. The molecule has 1 unspecified atom stereocenters. The van der Waals surface area contributed by atoms with Gasteiger partial charge in [0, 0.05) is 3.57 Å². The fraction of sp³-hybridized carbons (Fsp3) is 0.467. The lowest BCUT2D eigenvalue weighted by Crippen LogP contribution is -2.05. The molecule has 1 atom stereocenters. The minimum atomic E-state index is -0.574. The Morgan fingerprint density at radius 2 is 1.94 bits per heavy atom. The molecule has 0 saturated heterocycles. The smallest absolute Gasteiger partial charge is 0.124 e. The zero-order chi connectivity index (χ0) is 13.0. The van der Waals surface area contributed by atoms with Crippen molar-refractivity contribution in [3.63, 3.8) is 0 Å². The van der Waals surface area contributed by atoms with Gasteiger partial charge in [-0.3, -0.25) is 0 Å². The summed E-state index contributed by atoms with van der Waals surface area (Å²) in [6, 6.07) is 4.59. The molecule has 0 fully saturated rings. The summed E-state index contributed by atoms with van der Waals surface area (Å²) in [5.41, 5.74) is 1.92. The van der Waals surface area contributed by atoms with Crippen LogP contribution >= 0.6 is 22.6 Å². The number of benzene rings is 1. The third-order valence-electron chi connectivity index (χ3n) is 3.43. The van der Waals surface area contributed by atoms with Gasteiger partial charge in [-0.05, 0) is 71.5 Å². The minimum absolute atomic E-state index is 0.248. The van der Waals surface area contributed by atoms with Crippen LogP contribution in [0.15, 0.2) is 29.8 Å². The Hall–Kier alpha value is -0.420. The van der Waals surface area contributed by atoms with Crippen LogP contribution in [0, 0.1) is 9.39 Å². The molecule has 1 aliphatic carbocycles. The fourth-order valence-corrected chi connectivity index (χ4v) is 3.16. The van der Waals surface area contributed by atoms with Crippen LogP contribution in [0.4, 0.5) is 4.39 Å². The van der Waals surface area contributed by atoms with E-state index in [4.69, 9.17) is 0 Å². The third-order valence-corrected chi connectivity index (χ3v) is 4.37. The van der Waals surface area contributed by atoms with Gasteiger partial charge in [0.15, 0.2) is 0 Å². The number of aliphatic hydroxyl groups is 1. The van der Waals surface area contributed by atoms with Crippen LogP contribution in [-0.2, 0) is 0 Å². The first-order valence-corrected chi connectivity index (χ1v) is 7.58. The van der Waals surface area contributed by atoms with E-state index in [1.807, 2.05) is 0 Å². The van der Waals surface area contributed by atoms with E-state index in [0.717, 1.165) is 34.0 Å². The lowest BCUT2D eigenvalue weighted by Gasteiger charge is -2.19. The molecule has 18 heavy (non-hydrogen) atoms. The van der Waals surface area contributed by atoms with Crippen LogP contribution < -0.4 is 0 Å². The molecule has 1 aromatic carbocycles. The monoisotopic (exact) mass is 360 g/mol. The predicted molar refractivity (Wildman–Crippen MR) is 79.9 cm³/mol. The van der Waals surface area contributed by atoms with E-state index in [1.165, 1.54) is 31.4 Å². The van der Waals surface area contributed by atoms with E-state index in [-0.39, 0.29) is 5.82 Å². The first-order chi connectivity index (χ1) is 8.68. The van der Waals surface area contributed by atoms with E-state index < -0.39 is 6.10 Å². The van der Waals surface area contributed by atoms with E-state index in [1.54, 1.807) is 6.07 Å². The van der Waals surface area contributed by atoms with Crippen LogP contribution in [-0.4, -0.2) is 5.11 Å². The van der Waals surface area contributed by atoms with Crippen LogP contribution in [0.2, 0.25) is 0 Å². The highest BCUT2D eigenvalue weighted by Crippen LogP contribution is 2.31. The number of aliphatic hydroxyl groups excluding tert-OH is 1. The standard InChI is InChI=1S/C15H18FIO/c16-12-8-9-13(14(17)10-12)15(18)11-6-4-2-1-3-5-7-11/h6,8-10,15,18H,1-5,7H2/b11-6+. The van der Waals surface area contributed by atoms with Gasteiger partial charge in [-0.25, -0.2) is 4.39 Å². The van der Waals surface area contributed by atoms with Crippen LogP contribution in [0.3, 0.4) is 0 Å². The third kappa shape index (κ3) is 3.54. The van der Waals surface area contributed by atoms with Crippen molar-refractivity contribution in [3.8, 4) is 0 Å². The molecule has 0 spiro atoms. The Bertz CT molecular complexity index is 442. The minimum Gasteiger partial charge on any atom is -0.384 e. The second-order valence-corrected chi connectivity index (χ2v) is 5.96. The van der Waals surface area contributed by atoms with Crippen molar-refractivity contribution in [2.75, 3.05) is 0 Å². The van der Waals surface area contributed by atoms with Crippen molar-refractivity contribution in [1.29, 1.82) is 0 Å². The summed E-state index contributed by atoms with van der Waals surface area (Å²) < 4.78 is 13.9. The van der Waals surface area contributed by atoms with Gasteiger partial charge >= 0.3 is 0 Å². The van der Waals surface area contributed by atoms with E-state index in [9.17, 15) is 9.50 Å². The van der Waals surface area contributed by atoms with Gasteiger partial charge in [0.05, 0.1) is 0 Å². The van der Waals surface area contributed by atoms with Gasteiger partial charge in [-0.1, -0.05) is 25.0 Å². The Kier molecular flexibility index (Phi) is 5.18. The molecule has 1 aliphatic rings. The SMILES string of the molecule is OC(/C1=C/CCCCCC1)c1ccc(F)cc1I. The lowest BCUT2D eigenvalue weighted by molar-refractivity contribution is 0.208. The average Bonchev–Trinajstić information content (AvgIpc) is 2.27. The van der Waals surface area contributed by atoms with Crippen LogP contribution in [0.1, 0.15) is 50.2 Å². The zero-order valence-corrected chi connectivity index (χ0v) is 12.5. The molecule has 0 amide bonds. The Balaban J connectivity index is 2.20. The summed E-state index contributed by atoms with van der Waals surface area (Å²) in [5.74, 6) is -0.248. The summed E-state index contributed by atoms with van der Waals surface area (Å²) in [6.07, 6.45) is 8.47. The van der Waals surface area contributed by atoms with Crippen molar-refractivity contribution in [2.45, 2.75) is 44.6 Å². The Morgan fingerprint density at radius 1 is 1.17 bits per heavy atom. The van der Waals surface area contributed by atoms with Gasteiger partial charge in [0.25, 0.3) is 0 Å². The topological polar surface area (TPSA) is 20.2 Å². The van der Waals surface area contributed by atoms with Gasteiger partial charge < -0.3 is 5.11 Å². The van der Waals surface area contributed by atoms with Gasteiger partial charge in [-0.15, -0.1) is 0 Å². The van der Waals surface area contributed by atoms with Crippen LogP contribution in [0.5, 0.6) is 0 Å². The molecule has 1 nitrogen and oxygen atoms in total. The van der Waals surface area contributed by atoms with Crippen molar-refractivity contribution in [3.05, 3.63) is 44.8 Å². The molecule has 2 rings (SSSR count). The maximum atomic E-state index is 13.1. The maximum absolute atomic E-state index is 13.1. The number of allylic oxidation sites excluding steroid dienone is 1. The lowest BCUT2D eigenvalue weighted by atomic mass is 9.93. The molecule has 98 valence electrons. The molecular formula is C15H18FIO. The molecule has 0 aliphatic heterocycles. The molecule has 0 radical (unpaired) electrons. The highest BCUT2D eigenvalue weighted by molar-refractivity contribution is 14.1. The normalized spacial score (nSPS) is 21.6. The average molecular weight is 360 g/mol. The largest absolute Gasteiger partial charge is 0.384 e. The van der Waals surface area contributed by atoms with Gasteiger partial charge in [-0.2, -0.15) is 0 Å². The highest BCUT2D eigenvalue weighted by Gasteiger charge is 2.17. The second kappa shape index (κ2) is 6.66. The molecule has 0 bridgehead atoms. The molecular weight excluding hydrogens is 342 g/mol. The van der Waals surface area contributed by atoms with Crippen molar-refractivity contribution in [2.24, 2.45) is 0 Å². The van der Waals surface area contributed by atoms with E-state index in [2.05, 4.69) is 28.7 Å². The van der Waals surface area contributed by atoms with Crippen LogP contribution in [0.25, 0.3) is 0 Å². The first-order valence-electron chi connectivity index (χ1n) is 6.50. The van der Waals surface area contributed by atoms with Crippen molar-refractivity contribution >= 4 is 22.6 Å².